The molecule has 0 aliphatic carbocycles. The molecule has 2 rings (SSSR count). The Morgan fingerprint density at radius 2 is 1.86 bits per heavy atom. The van der Waals surface area contributed by atoms with Crippen LogP contribution < -0.4 is 9.47 Å². The number of carbonyl (C=O) groups excluding carboxylic acids is 1. The fourth-order valence-electron chi connectivity index (χ4n) is 1.65. The third-order valence-electron chi connectivity index (χ3n) is 2.74. The van der Waals surface area contributed by atoms with E-state index in [2.05, 4.69) is 38.5 Å². The van der Waals surface area contributed by atoms with Gasteiger partial charge in [-0.1, -0.05) is 0 Å². The Bertz CT molecular complexity index is 643. The van der Waals surface area contributed by atoms with E-state index in [-0.39, 0.29) is 0 Å². The van der Waals surface area contributed by atoms with Crippen LogP contribution in [0.2, 0.25) is 0 Å². The van der Waals surface area contributed by atoms with Crippen LogP contribution in [0, 0.1) is 3.57 Å². The first kappa shape index (κ1) is 17.2. The van der Waals surface area contributed by atoms with Gasteiger partial charge in [0.2, 0.25) is 0 Å². The van der Waals surface area contributed by atoms with Crippen LogP contribution in [0.3, 0.4) is 0 Å². The zero-order valence-corrected chi connectivity index (χ0v) is 15.6. The summed E-state index contributed by atoms with van der Waals surface area (Å²) in [7, 11) is 1.61. The van der Waals surface area contributed by atoms with Crippen molar-refractivity contribution in [2.75, 3.05) is 20.3 Å². The summed E-state index contributed by atoms with van der Waals surface area (Å²) in [6, 6.07) is 12.4. The highest BCUT2D eigenvalue weighted by molar-refractivity contribution is 14.1. The topological polar surface area (TPSA) is 44.8 Å². The fourth-order valence-corrected chi connectivity index (χ4v) is 2.50. The molecule has 0 bridgehead atoms. The molecule has 2 aromatic carbocycles. The van der Waals surface area contributed by atoms with Gasteiger partial charge in [-0.2, -0.15) is 0 Å². The molecule has 0 saturated heterocycles. The Balaban J connectivity index is 2.03. The van der Waals surface area contributed by atoms with Crippen molar-refractivity contribution in [3.63, 3.8) is 0 Å². The summed E-state index contributed by atoms with van der Waals surface area (Å²) >= 11 is 5.58. The van der Waals surface area contributed by atoms with Gasteiger partial charge in [-0.3, -0.25) is 0 Å². The highest BCUT2D eigenvalue weighted by Crippen LogP contribution is 2.26. The smallest absolute Gasteiger partial charge is 0.343 e. The van der Waals surface area contributed by atoms with Gasteiger partial charge in [0.1, 0.15) is 18.1 Å². The largest absolute Gasteiger partial charge is 0.490 e. The van der Waals surface area contributed by atoms with Gasteiger partial charge in [-0.25, -0.2) is 4.79 Å². The lowest BCUT2D eigenvalue weighted by atomic mass is 10.2. The Morgan fingerprint density at radius 3 is 2.50 bits per heavy atom. The number of hydrogen-bond acceptors (Lipinski definition) is 4. The molecular weight excluding hydrogens is 463 g/mol. The van der Waals surface area contributed by atoms with Crippen LogP contribution in [0.4, 0.5) is 0 Å². The molecule has 0 heterocycles. The molecule has 0 aromatic heterocycles. The summed E-state index contributed by atoms with van der Waals surface area (Å²) in [6.45, 7) is 0.949. The quantitative estimate of drug-likeness (QED) is 0.270. The Morgan fingerprint density at radius 1 is 1.14 bits per heavy atom. The van der Waals surface area contributed by atoms with Crippen LogP contribution in [0.25, 0.3) is 0 Å². The monoisotopic (exact) mass is 476 g/mol. The lowest BCUT2D eigenvalue weighted by Gasteiger charge is -2.09. The first-order chi connectivity index (χ1) is 10.6. The third-order valence-corrected chi connectivity index (χ3v) is 4.08. The predicted octanol–water partition coefficient (Wildman–Crippen LogP) is 4.30. The van der Waals surface area contributed by atoms with Crippen LogP contribution >= 0.6 is 38.5 Å². The van der Waals surface area contributed by atoms with E-state index in [1.807, 2.05) is 12.1 Å². The number of benzene rings is 2. The molecule has 116 valence electrons. The van der Waals surface area contributed by atoms with Crippen molar-refractivity contribution in [2.24, 2.45) is 0 Å². The van der Waals surface area contributed by atoms with Crippen LogP contribution in [-0.4, -0.2) is 26.3 Å². The second kappa shape index (κ2) is 8.50. The molecule has 22 heavy (non-hydrogen) atoms. The molecule has 0 N–H and O–H groups in total. The Kier molecular flexibility index (Phi) is 6.66. The highest BCUT2D eigenvalue weighted by Gasteiger charge is 2.11. The average Bonchev–Trinajstić information content (AvgIpc) is 2.51. The molecule has 6 heteroatoms. The zero-order chi connectivity index (χ0) is 15.9. The van der Waals surface area contributed by atoms with Gasteiger partial charge < -0.3 is 14.2 Å². The summed E-state index contributed by atoms with van der Waals surface area (Å²) in [5, 5.41) is 0. The van der Waals surface area contributed by atoms with E-state index in [0.717, 1.165) is 3.57 Å². The molecule has 0 unspecified atom stereocenters. The minimum Gasteiger partial charge on any atom is -0.490 e. The number of rotatable bonds is 6. The van der Waals surface area contributed by atoms with Gasteiger partial charge in [0.25, 0.3) is 0 Å². The van der Waals surface area contributed by atoms with Crippen molar-refractivity contribution < 1.29 is 19.0 Å². The summed E-state index contributed by atoms with van der Waals surface area (Å²) in [5.41, 5.74) is 0.449. The van der Waals surface area contributed by atoms with Crippen molar-refractivity contribution in [3.05, 3.63) is 56.1 Å². The predicted molar refractivity (Wildman–Crippen MR) is 95.6 cm³/mol. The summed E-state index contributed by atoms with van der Waals surface area (Å²) in [4.78, 5) is 12.1. The number of methoxy groups -OCH3 is 1. The van der Waals surface area contributed by atoms with E-state index >= 15 is 0 Å². The van der Waals surface area contributed by atoms with Crippen molar-refractivity contribution in [1.82, 2.24) is 0 Å². The Labute approximate surface area is 151 Å². The molecule has 0 radical (unpaired) electrons. The van der Waals surface area contributed by atoms with Crippen LogP contribution in [0.5, 0.6) is 11.5 Å². The van der Waals surface area contributed by atoms with Gasteiger partial charge in [-0.05, 0) is 81.0 Å². The third kappa shape index (κ3) is 4.96. The van der Waals surface area contributed by atoms with E-state index < -0.39 is 5.97 Å². The molecule has 0 aliphatic heterocycles. The van der Waals surface area contributed by atoms with E-state index in [0.29, 0.717) is 34.7 Å². The fraction of sp³-hybridized carbons (Fsp3) is 0.188. The first-order valence-corrected chi connectivity index (χ1v) is 8.36. The number of esters is 1. The maximum absolute atomic E-state index is 12.1. The molecule has 4 nitrogen and oxygen atoms in total. The second-order valence-corrected chi connectivity index (χ2v) is 6.43. The van der Waals surface area contributed by atoms with Crippen molar-refractivity contribution in [1.29, 1.82) is 0 Å². The average molecular weight is 477 g/mol. The van der Waals surface area contributed by atoms with Gasteiger partial charge in [-0.15, -0.1) is 0 Å². The van der Waals surface area contributed by atoms with Gasteiger partial charge in [0, 0.05) is 10.7 Å². The van der Waals surface area contributed by atoms with Crippen molar-refractivity contribution in [3.8, 4) is 11.5 Å². The number of hydrogen-bond donors (Lipinski definition) is 0. The Hall–Kier alpha value is -1.12. The molecule has 0 fully saturated rings. The van der Waals surface area contributed by atoms with E-state index in [1.54, 1.807) is 37.4 Å². The standard InChI is InChI=1S/C16H14BrIO4/c1-20-8-9-21-15-7-2-11(10-14(15)17)16(19)22-13-5-3-12(18)4-6-13/h2-7,10H,8-9H2,1H3. The molecule has 0 spiro atoms. The summed E-state index contributed by atoms with van der Waals surface area (Å²) in [6.07, 6.45) is 0. The highest BCUT2D eigenvalue weighted by atomic mass is 127. The van der Waals surface area contributed by atoms with Crippen LogP contribution in [0.1, 0.15) is 10.4 Å². The normalized spacial score (nSPS) is 10.3. The number of carbonyl (C=O) groups is 1. The SMILES string of the molecule is COCCOc1ccc(C(=O)Oc2ccc(I)cc2)cc1Br. The van der Waals surface area contributed by atoms with Crippen molar-refractivity contribution in [2.45, 2.75) is 0 Å². The number of ether oxygens (including phenoxy) is 3. The summed E-state index contributed by atoms with van der Waals surface area (Å²) < 4.78 is 17.5. The first-order valence-electron chi connectivity index (χ1n) is 6.49. The van der Waals surface area contributed by atoms with E-state index in [4.69, 9.17) is 14.2 Å². The minimum absolute atomic E-state index is 0.412. The molecular formula is C16H14BrIO4. The lowest BCUT2D eigenvalue weighted by Crippen LogP contribution is -2.09. The van der Waals surface area contributed by atoms with E-state index in [9.17, 15) is 4.79 Å². The van der Waals surface area contributed by atoms with Crippen LogP contribution in [0.15, 0.2) is 46.9 Å². The zero-order valence-electron chi connectivity index (χ0n) is 11.8. The molecule has 0 saturated carbocycles. The van der Waals surface area contributed by atoms with Crippen molar-refractivity contribution >= 4 is 44.5 Å². The van der Waals surface area contributed by atoms with Gasteiger partial charge >= 0.3 is 5.97 Å². The van der Waals surface area contributed by atoms with Crippen LogP contribution in [-0.2, 0) is 4.74 Å². The van der Waals surface area contributed by atoms with Gasteiger partial charge in [0.05, 0.1) is 16.6 Å². The van der Waals surface area contributed by atoms with E-state index in [1.165, 1.54) is 0 Å². The second-order valence-electron chi connectivity index (χ2n) is 4.33. The van der Waals surface area contributed by atoms with Gasteiger partial charge in [0.15, 0.2) is 0 Å². The summed E-state index contributed by atoms with van der Waals surface area (Å²) in [5.74, 6) is 0.759. The molecule has 2 aromatic rings. The lowest BCUT2D eigenvalue weighted by molar-refractivity contribution is 0.0734. The molecule has 0 atom stereocenters. The number of halogens is 2. The maximum atomic E-state index is 12.1. The minimum atomic E-state index is -0.412. The molecule has 0 amide bonds. The maximum Gasteiger partial charge on any atom is 0.343 e. The molecule has 0 aliphatic rings.